The Bertz CT molecular complexity index is 596. The molecule has 0 nitrogen and oxygen atoms in total. The highest BCUT2D eigenvalue weighted by Crippen LogP contribution is 2.56. The first-order valence-corrected chi connectivity index (χ1v) is 7.32. The average Bonchev–Trinajstić information content (AvgIpc) is 2.51. The van der Waals surface area contributed by atoms with Gasteiger partial charge in [-0.15, -0.1) is 13.2 Å². The third kappa shape index (κ3) is 2.48. The van der Waals surface area contributed by atoms with Crippen molar-refractivity contribution in [2.24, 2.45) is 0 Å². The first kappa shape index (κ1) is 14.7. The highest BCUT2D eigenvalue weighted by atomic mass is 35.5. The van der Waals surface area contributed by atoms with Crippen LogP contribution in [0.1, 0.15) is 35.6 Å². The van der Waals surface area contributed by atoms with Gasteiger partial charge in [-0.25, -0.2) is 0 Å². The summed E-state index contributed by atoms with van der Waals surface area (Å²) in [5.74, 6) is 0.155. The summed E-state index contributed by atoms with van der Waals surface area (Å²) in [5.41, 5.74) is -3.24. The number of hydrogen-bond donors (Lipinski definition) is 0. The van der Waals surface area contributed by atoms with Crippen molar-refractivity contribution in [3.05, 3.63) is 34.7 Å². The molecule has 0 saturated heterocycles. The Hall–Kier alpha value is -0.740. The van der Waals surface area contributed by atoms with Gasteiger partial charge in [0, 0.05) is 23.4 Å². The van der Waals surface area contributed by atoms with E-state index < -0.39 is 16.0 Å². The average molecular weight is 307 g/mol. The van der Waals surface area contributed by atoms with Gasteiger partial charge in [-0.3, -0.25) is 0 Å². The van der Waals surface area contributed by atoms with Crippen molar-refractivity contribution < 1.29 is 25.6 Å². The zero-order valence-electron chi connectivity index (χ0n) is 10.4. The Morgan fingerprint density at radius 1 is 1.16 bits per heavy atom. The van der Waals surface area contributed by atoms with E-state index in [0.29, 0.717) is 9.58 Å². The van der Waals surface area contributed by atoms with Crippen LogP contribution in [-0.4, -0.2) is 0 Å². The number of halogens is 4. The molecule has 1 saturated carbocycles. The van der Waals surface area contributed by atoms with Gasteiger partial charge in [-0.1, -0.05) is 12.5 Å². The van der Waals surface area contributed by atoms with E-state index in [-0.39, 0.29) is 18.3 Å². The lowest BCUT2D eigenvalue weighted by Gasteiger charge is -2.21. The highest BCUT2D eigenvalue weighted by molar-refractivity contribution is 7.38. The van der Waals surface area contributed by atoms with E-state index in [1.54, 1.807) is 12.1 Å². The van der Waals surface area contributed by atoms with E-state index in [2.05, 4.69) is 0 Å². The second-order valence-corrected chi connectivity index (χ2v) is 6.95. The lowest BCUT2D eigenvalue weighted by atomic mass is 9.84. The lowest BCUT2D eigenvalue weighted by molar-refractivity contribution is -0.0868. The molecule has 2 aromatic rings. The van der Waals surface area contributed by atoms with Crippen molar-refractivity contribution in [2.45, 2.75) is 37.6 Å². The molecule has 1 aromatic heterocycles. The van der Waals surface area contributed by atoms with Crippen LogP contribution in [0.3, 0.4) is 0 Å². The maximum atomic E-state index is 13.3. The zero-order valence-corrected chi connectivity index (χ0v) is 12.0. The van der Waals surface area contributed by atoms with Gasteiger partial charge in [0.15, 0.2) is 9.58 Å². The fraction of sp³-hybridized carbons (Fsp3) is 0.429. The van der Waals surface area contributed by atoms with Gasteiger partial charge in [-0.2, -0.15) is 0 Å². The number of hydrogen-bond acceptors (Lipinski definition) is 0. The summed E-state index contributed by atoms with van der Waals surface area (Å²) in [6.45, 7) is 1.85. The van der Waals surface area contributed by atoms with E-state index in [1.165, 1.54) is 0 Å². The van der Waals surface area contributed by atoms with Gasteiger partial charge in [0.2, 0.25) is 0 Å². The topological polar surface area (TPSA) is 0 Å². The van der Waals surface area contributed by atoms with Crippen LogP contribution >= 0.6 is 10.5 Å². The van der Waals surface area contributed by atoms with Crippen LogP contribution in [0.2, 0.25) is 0 Å². The molecule has 0 radical (unpaired) electrons. The van der Waals surface area contributed by atoms with Crippen molar-refractivity contribution >= 4 is 20.6 Å². The molecule has 1 aliphatic carbocycles. The number of aryl methyl sites for hydroxylation is 1. The second kappa shape index (κ2) is 4.98. The predicted molar refractivity (Wildman–Crippen MR) is 69.1 cm³/mol. The van der Waals surface area contributed by atoms with Crippen LogP contribution < -0.4 is 12.4 Å². The molecule has 1 aliphatic rings. The summed E-state index contributed by atoms with van der Waals surface area (Å²) in [6.07, 6.45) is 2.89. The van der Waals surface area contributed by atoms with E-state index in [4.69, 9.17) is 0 Å². The van der Waals surface area contributed by atoms with Crippen molar-refractivity contribution in [3.8, 4) is 0 Å². The molecule has 1 heterocycles. The van der Waals surface area contributed by atoms with Gasteiger partial charge in [0.1, 0.15) is 0 Å². The van der Waals surface area contributed by atoms with Gasteiger partial charge in [0.25, 0.3) is 0 Å². The van der Waals surface area contributed by atoms with Gasteiger partial charge in [0.05, 0.1) is 10.5 Å². The number of benzene rings is 1. The molecule has 0 aliphatic heterocycles. The van der Waals surface area contributed by atoms with E-state index >= 15 is 0 Å². The maximum Gasteiger partial charge on any atom is 0.600 e. The van der Waals surface area contributed by atoms with Crippen molar-refractivity contribution in [3.63, 3.8) is 0 Å². The molecular weight excluding hydrogens is 293 g/mol. The van der Waals surface area contributed by atoms with E-state index in [9.17, 15) is 13.2 Å². The van der Waals surface area contributed by atoms with Crippen molar-refractivity contribution in [1.82, 2.24) is 0 Å². The lowest BCUT2D eigenvalue weighted by Crippen LogP contribution is -3.00. The molecule has 0 bridgehead atoms. The summed E-state index contributed by atoms with van der Waals surface area (Å²) in [5, 5.41) is 0.767. The maximum absolute atomic E-state index is 13.3. The second-order valence-electron chi connectivity index (χ2n) is 4.97. The van der Waals surface area contributed by atoms with Crippen LogP contribution in [0.15, 0.2) is 24.3 Å². The van der Waals surface area contributed by atoms with Crippen molar-refractivity contribution in [2.75, 3.05) is 0 Å². The van der Waals surface area contributed by atoms with E-state index in [0.717, 1.165) is 30.2 Å². The molecule has 0 spiro atoms. The summed E-state index contributed by atoms with van der Waals surface area (Å²) in [6, 6.07) is 7.20. The Morgan fingerprint density at radius 3 is 2.37 bits per heavy atom. The highest BCUT2D eigenvalue weighted by Gasteiger charge is 2.50. The van der Waals surface area contributed by atoms with E-state index in [1.807, 2.05) is 19.1 Å². The van der Waals surface area contributed by atoms with Crippen LogP contribution in [0, 0.1) is 6.92 Å². The fourth-order valence-corrected chi connectivity index (χ4v) is 4.76. The Balaban J connectivity index is 0.00000133. The van der Waals surface area contributed by atoms with Gasteiger partial charge >= 0.3 is 5.51 Å². The summed E-state index contributed by atoms with van der Waals surface area (Å²) < 4.78 is 40.4. The summed E-state index contributed by atoms with van der Waals surface area (Å²) in [4.78, 5) is 0.620. The minimum atomic E-state index is -4.14. The first-order chi connectivity index (χ1) is 8.47. The Labute approximate surface area is 119 Å². The molecule has 19 heavy (non-hydrogen) atoms. The largest absolute Gasteiger partial charge is 1.00 e. The first-order valence-electron chi connectivity index (χ1n) is 6.10. The number of fused-ring (bicyclic) bond motifs is 1. The molecule has 0 amide bonds. The summed E-state index contributed by atoms with van der Waals surface area (Å²) in [7, 11) is -1.69. The molecule has 5 heteroatoms. The molecular formula is C14H14ClF3S. The monoisotopic (exact) mass is 306 g/mol. The predicted octanol–water partition coefficient (Wildman–Crippen LogP) is 2.65. The normalized spacial score (nSPS) is 17.2. The minimum Gasteiger partial charge on any atom is -1.00 e. The third-order valence-corrected chi connectivity index (χ3v) is 5.84. The number of thiophene rings is 1. The molecule has 1 unspecified atom stereocenters. The quantitative estimate of drug-likeness (QED) is 0.711. The third-order valence-electron chi connectivity index (χ3n) is 3.66. The Kier molecular flexibility index (Phi) is 3.85. The zero-order chi connectivity index (χ0) is 12.9. The van der Waals surface area contributed by atoms with Crippen molar-refractivity contribution in [1.29, 1.82) is 0 Å². The standard InChI is InChI=1S/C14H14F3S.ClH/c1-9-5-6-11-8-13(10-3-2-4-10)18(12(11)7-9)14(15,16)17;/h5-8,10H,2-4H2,1H3;1H/q+1;/p-1. The molecule has 1 aromatic carbocycles. The smallest absolute Gasteiger partial charge is 0.600 e. The fourth-order valence-electron chi connectivity index (χ4n) is 2.51. The molecule has 3 rings (SSSR count). The van der Waals surface area contributed by atoms with Crippen LogP contribution in [-0.2, 0) is 5.51 Å². The molecule has 1 fully saturated rings. The SMILES string of the molecule is Cc1ccc2cc(C3CCC3)[s+](C(F)(F)F)c2c1.[Cl-]. The molecule has 104 valence electrons. The van der Waals surface area contributed by atoms with Gasteiger partial charge in [-0.05, 0) is 31.4 Å². The van der Waals surface area contributed by atoms with Crippen LogP contribution in [0.5, 0.6) is 0 Å². The van der Waals surface area contributed by atoms with Gasteiger partial charge < -0.3 is 12.4 Å². The Morgan fingerprint density at radius 2 is 1.84 bits per heavy atom. The number of alkyl halides is 3. The molecule has 1 atom stereocenters. The minimum absolute atomic E-state index is 0. The van der Waals surface area contributed by atoms with Crippen LogP contribution in [0.25, 0.3) is 10.1 Å². The molecule has 0 N–H and O–H groups in total. The summed E-state index contributed by atoms with van der Waals surface area (Å²) >= 11 is 0. The van der Waals surface area contributed by atoms with Crippen LogP contribution in [0.4, 0.5) is 13.2 Å². The number of rotatable bonds is 1.